The molecule has 0 bridgehead atoms. The Hall–Kier alpha value is -3.45. The lowest BCUT2D eigenvalue weighted by atomic mass is 10.1. The molecule has 0 aliphatic rings. The molecule has 2 aromatic carbocycles. The van der Waals surface area contributed by atoms with Crippen molar-refractivity contribution in [2.45, 2.75) is 20.8 Å². The highest BCUT2D eigenvalue weighted by Gasteiger charge is 2.20. The number of carbonyl (C=O) groups is 3. The molecule has 2 N–H and O–H groups in total. The second-order valence-electron chi connectivity index (χ2n) is 7.95. The van der Waals surface area contributed by atoms with E-state index in [-0.39, 0.29) is 17.7 Å². The number of hydrogen-bond donors (Lipinski definition) is 2. The summed E-state index contributed by atoms with van der Waals surface area (Å²) in [6.45, 7) is 6.51. The van der Waals surface area contributed by atoms with Crippen molar-refractivity contribution in [1.29, 1.82) is 0 Å². The van der Waals surface area contributed by atoms with Gasteiger partial charge in [0.05, 0.1) is 16.1 Å². The molecule has 0 saturated carbocycles. The minimum Gasteiger partial charge on any atom is -0.352 e. The Bertz CT molecular complexity index is 1120. The molecule has 0 unspecified atom stereocenters. The van der Waals surface area contributed by atoms with Crippen LogP contribution in [0, 0.1) is 12.8 Å². The second kappa shape index (κ2) is 10.2. The summed E-state index contributed by atoms with van der Waals surface area (Å²) in [4.78, 5) is 40.2. The maximum absolute atomic E-state index is 13.1. The number of carbonyl (C=O) groups excluding carboxylic acids is 3. The Labute approximate surface area is 192 Å². The summed E-state index contributed by atoms with van der Waals surface area (Å²) in [5, 5.41) is 7.64. The van der Waals surface area contributed by atoms with E-state index in [0.29, 0.717) is 39.8 Å². The predicted octanol–water partition coefficient (Wildman–Crippen LogP) is 4.97. The third kappa shape index (κ3) is 5.42. The lowest BCUT2D eigenvalue weighted by Gasteiger charge is -2.20. The maximum atomic E-state index is 13.1. The number of nitrogens with one attached hydrogen (secondary N) is 2. The first-order chi connectivity index (χ1) is 15.3. The van der Waals surface area contributed by atoms with Gasteiger partial charge >= 0.3 is 0 Å². The standard InChI is InChI=1S/C25H27N3O3S/c1-16(2)15-26-23(29)18-11-12-20(17(3)14-18)27-24(30)19-8-5-6-9-21(19)28(4)25(31)22-10-7-13-32-22/h5-14,16H,15H2,1-4H3,(H,26,29)(H,27,30). The first-order valence-corrected chi connectivity index (χ1v) is 11.3. The van der Waals surface area contributed by atoms with E-state index >= 15 is 0 Å². The number of amides is 3. The zero-order chi connectivity index (χ0) is 23.3. The summed E-state index contributed by atoms with van der Waals surface area (Å²) in [6.07, 6.45) is 0. The number of rotatable bonds is 7. The quantitative estimate of drug-likeness (QED) is 0.534. The number of benzene rings is 2. The third-order valence-electron chi connectivity index (χ3n) is 4.95. The van der Waals surface area contributed by atoms with Gasteiger partial charge in [-0.25, -0.2) is 0 Å². The van der Waals surface area contributed by atoms with E-state index in [0.717, 1.165) is 5.56 Å². The van der Waals surface area contributed by atoms with Crippen LogP contribution in [-0.2, 0) is 0 Å². The Balaban J connectivity index is 1.78. The van der Waals surface area contributed by atoms with Gasteiger partial charge in [0.15, 0.2) is 0 Å². The first kappa shape index (κ1) is 23.2. The van der Waals surface area contributed by atoms with Crippen LogP contribution in [0.5, 0.6) is 0 Å². The number of anilines is 2. The molecule has 0 fully saturated rings. The van der Waals surface area contributed by atoms with Crippen LogP contribution in [-0.4, -0.2) is 31.3 Å². The summed E-state index contributed by atoms with van der Waals surface area (Å²) in [7, 11) is 1.66. The molecular formula is C25H27N3O3S. The van der Waals surface area contributed by atoms with E-state index in [4.69, 9.17) is 0 Å². The second-order valence-corrected chi connectivity index (χ2v) is 8.89. The minimum atomic E-state index is -0.327. The van der Waals surface area contributed by atoms with E-state index in [9.17, 15) is 14.4 Å². The molecule has 166 valence electrons. The Morgan fingerprint density at radius 3 is 2.41 bits per heavy atom. The monoisotopic (exact) mass is 449 g/mol. The highest BCUT2D eigenvalue weighted by molar-refractivity contribution is 7.12. The maximum Gasteiger partial charge on any atom is 0.268 e. The lowest BCUT2D eigenvalue weighted by Crippen LogP contribution is -2.28. The van der Waals surface area contributed by atoms with Gasteiger partial charge < -0.3 is 15.5 Å². The molecule has 6 nitrogen and oxygen atoms in total. The number of thiophene rings is 1. The minimum absolute atomic E-state index is 0.140. The number of hydrogen-bond acceptors (Lipinski definition) is 4. The molecule has 1 heterocycles. The fourth-order valence-corrected chi connectivity index (χ4v) is 3.87. The molecule has 0 aliphatic heterocycles. The highest BCUT2D eigenvalue weighted by atomic mass is 32.1. The highest BCUT2D eigenvalue weighted by Crippen LogP contribution is 2.25. The van der Waals surface area contributed by atoms with Crippen molar-refractivity contribution < 1.29 is 14.4 Å². The summed E-state index contributed by atoms with van der Waals surface area (Å²) >= 11 is 1.36. The molecule has 0 atom stereocenters. The van der Waals surface area contributed by atoms with Crippen LogP contribution in [0.25, 0.3) is 0 Å². The van der Waals surface area contributed by atoms with Crippen molar-refractivity contribution in [2.75, 3.05) is 23.8 Å². The van der Waals surface area contributed by atoms with Crippen molar-refractivity contribution in [2.24, 2.45) is 5.92 Å². The summed E-state index contributed by atoms with van der Waals surface area (Å²) in [5.74, 6) is -0.276. The normalized spacial score (nSPS) is 10.7. The molecule has 3 rings (SSSR count). The van der Waals surface area contributed by atoms with E-state index in [1.807, 2.05) is 32.2 Å². The predicted molar refractivity (Wildman–Crippen MR) is 130 cm³/mol. The SMILES string of the molecule is Cc1cc(C(=O)NCC(C)C)ccc1NC(=O)c1ccccc1N(C)C(=O)c1cccs1. The molecule has 0 saturated heterocycles. The van der Waals surface area contributed by atoms with Crippen molar-refractivity contribution in [3.05, 3.63) is 81.5 Å². The zero-order valence-corrected chi connectivity index (χ0v) is 19.5. The van der Waals surface area contributed by atoms with Gasteiger partial charge in [-0.1, -0.05) is 32.0 Å². The Morgan fingerprint density at radius 1 is 1.00 bits per heavy atom. The van der Waals surface area contributed by atoms with E-state index in [1.165, 1.54) is 16.2 Å². The molecule has 32 heavy (non-hydrogen) atoms. The molecule has 3 amide bonds. The average Bonchev–Trinajstić information content (AvgIpc) is 3.32. The molecule has 0 spiro atoms. The summed E-state index contributed by atoms with van der Waals surface area (Å²) < 4.78 is 0. The van der Waals surface area contributed by atoms with Gasteiger partial charge in [0, 0.05) is 24.8 Å². The zero-order valence-electron chi connectivity index (χ0n) is 18.6. The molecule has 0 radical (unpaired) electrons. The van der Waals surface area contributed by atoms with Crippen LogP contribution < -0.4 is 15.5 Å². The smallest absolute Gasteiger partial charge is 0.268 e. The summed E-state index contributed by atoms with van der Waals surface area (Å²) in [6, 6.07) is 15.7. The van der Waals surface area contributed by atoms with Crippen LogP contribution in [0.3, 0.4) is 0 Å². The Kier molecular flexibility index (Phi) is 7.43. The molecule has 3 aromatic rings. The first-order valence-electron chi connectivity index (χ1n) is 10.4. The van der Waals surface area contributed by atoms with E-state index in [1.54, 1.807) is 55.6 Å². The third-order valence-corrected chi connectivity index (χ3v) is 5.81. The average molecular weight is 450 g/mol. The van der Waals surface area contributed by atoms with Crippen LogP contribution >= 0.6 is 11.3 Å². The summed E-state index contributed by atoms with van der Waals surface area (Å²) in [5.41, 5.74) is 2.83. The molecular weight excluding hydrogens is 422 g/mol. The van der Waals surface area contributed by atoms with Crippen molar-refractivity contribution in [3.63, 3.8) is 0 Å². The van der Waals surface area contributed by atoms with Gasteiger partial charge in [0.25, 0.3) is 17.7 Å². The lowest BCUT2D eigenvalue weighted by molar-refractivity contribution is 0.0947. The van der Waals surface area contributed by atoms with Gasteiger partial charge in [0.2, 0.25) is 0 Å². The van der Waals surface area contributed by atoms with Crippen LogP contribution in [0.15, 0.2) is 60.0 Å². The van der Waals surface area contributed by atoms with E-state index in [2.05, 4.69) is 10.6 Å². The fourth-order valence-electron chi connectivity index (χ4n) is 3.17. The Morgan fingerprint density at radius 2 is 1.75 bits per heavy atom. The largest absolute Gasteiger partial charge is 0.352 e. The van der Waals surface area contributed by atoms with Crippen molar-refractivity contribution in [3.8, 4) is 0 Å². The molecule has 7 heteroatoms. The topological polar surface area (TPSA) is 78.5 Å². The van der Waals surface area contributed by atoms with Crippen molar-refractivity contribution in [1.82, 2.24) is 5.32 Å². The van der Waals surface area contributed by atoms with Gasteiger partial charge in [-0.15, -0.1) is 11.3 Å². The number of para-hydroxylation sites is 1. The molecule has 0 aliphatic carbocycles. The van der Waals surface area contributed by atoms with Crippen LogP contribution in [0.2, 0.25) is 0 Å². The van der Waals surface area contributed by atoms with E-state index < -0.39 is 0 Å². The van der Waals surface area contributed by atoms with Gasteiger partial charge in [-0.2, -0.15) is 0 Å². The van der Waals surface area contributed by atoms with Crippen molar-refractivity contribution >= 4 is 40.4 Å². The van der Waals surface area contributed by atoms with Gasteiger partial charge in [-0.3, -0.25) is 14.4 Å². The van der Waals surface area contributed by atoms with Gasteiger partial charge in [0.1, 0.15) is 0 Å². The van der Waals surface area contributed by atoms with Crippen LogP contribution in [0.4, 0.5) is 11.4 Å². The number of nitrogens with zero attached hydrogens (tertiary/aromatic N) is 1. The van der Waals surface area contributed by atoms with Gasteiger partial charge in [-0.05, 0) is 60.2 Å². The number of aryl methyl sites for hydroxylation is 1. The fraction of sp³-hybridized carbons (Fsp3) is 0.240. The van der Waals surface area contributed by atoms with Crippen LogP contribution in [0.1, 0.15) is 49.8 Å². The molecule has 1 aromatic heterocycles.